The zero-order chi connectivity index (χ0) is 12.1. The number of ether oxygens (including phenoxy) is 1. The highest BCUT2D eigenvalue weighted by atomic mass is 16.5. The molecule has 0 aliphatic rings. The molecule has 2 heteroatoms. The number of hydrogen-bond acceptors (Lipinski definition) is 2. The summed E-state index contributed by atoms with van der Waals surface area (Å²) >= 11 is 0. The maximum atomic E-state index is 9.62. The standard InChI is InChI=1S/C14H20O2/c1-5-10(2)9-16-14-8-11(3)6-7-13(14)12(4)15/h6-8,12,15H,2,5,9H2,1,3-4H3/t12-/m0/s1. The summed E-state index contributed by atoms with van der Waals surface area (Å²) in [6, 6.07) is 5.83. The molecule has 16 heavy (non-hydrogen) atoms. The number of hydrogen-bond donors (Lipinski definition) is 1. The highest BCUT2D eigenvalue weighted by Crippen LogP contribution is 2.26. The van der Waals surface area contributed by atoms with Gasteiger partial charge in [0.25, 0.3) is 0 Å². The average Bonchev–Trinajstić information content (AvgIpc) is 2.25. The third-order valence-corrected chi connectivity index (χ3v) is 2.55. The summed E-state index contributed by atoms with van der Waals surface area (Å²) < 4.78 is 5.67. The van der Waals surface area contributed by atoms with Crippen LogP contribution in [0.4, 0.5) is 0 Å². The Balaban J connectivity index is 2.84. The molecular formula is C14H20O2. The van der Waals surface area contributed by atoms with Crippen LogP contribution in [0.2, 0.25) is 0 Å². The number of aliphatic hydroxyl groups is 1. The Morgan fingerprint density at radius 3 is 2.75 bits per heavy atom. The highest BCUT2D eigenvalue weighted by Gasteiger charge is 2.09. The van der Waals surface area contributed by atoms with Crippen molar-refractivity contribution < 1.29 is 9.84 Å². The molecule has 0 heterocycles. The summed E-state index contributed by atoms with van der Waals surface area (Å²) in [5, 5.41) is 9.62. The quantitative estimate of drug-likeness (QED) is 0.771. The van der Waals surface area contributed by atoms with E-state index in [9.17, 15) is 5.11 Å². The van der Waals surface area contributed by atoms with Gasteiger partial charge in [0.05, 0.1) is 6.10 Å². The van der Waals surface area contributed by atoms with E-state index in [0.29, 0.717) is 6.61 Å². The smallest absolute Gasteiger partial charge is 0.125 e. The van der Waals surface area contributed by atoms with E-state index in [-0.39, 0.29) is 0 Å². The van der Waals surface area contributed by atoms with Crippen LogP contribution < -0.4 is 4.74 Å². The van der Waals surface area contributed by atoms with E-state index < -0.39 is 6.10 Å². The van der Waals surface area contributed by atoms with Gasteiger partial charge in [0.15, 0.2) is 0 Å². The summed E-state index contributed by atoms with van der Waals surface area (Å²) in [5.41, 5.74) is 3.01. The first-order valence-electron chi connectivity index (χ1n) is 5.62. The first-order valence-corrected chi connectivity index (χ1v) is 5.62. The summed E-state index contributed by atoms with van der Waals surface area (Å²) in [4.78, 5) is 0. The molecule has 2 nitrogen and oxygen atoms in total. The Kier molecular flexibility index (Phi) is 4.56. The van der Waals surface area contributed by atoms with E-state index >= 15 is 0 Å². The van der Waals surface area contributed by atoms with Crippen LogP contribution in [0.3, 0.4) is 0 Å². The normalized spacial score (nSPS) is 12.2. The summed E-state index contributed by atoms with van der Waals surface area (Å²) in [7, 11) is 0. The van der Waals surface area contributed by atoms with Crippen molar-refractivity contribution >= 4 is 0 Å². The molecule has 0 aromatic heterocycles. The van der Waals surface area contributed by atoms with Gasteiger partial charge in [-0.3, -0.25) is 0 Å². The molecule has 0 saturated heterocycles. The molecular weight excluding hydrogens is 200 g/mol. The van der Waals surface area contributed by atoms with Crippen LogP contribution in [-0.4, -0.2) is 11.7 Å². The molecule has 0 aliphatic carbocycles. The second-order valence-electron chi connectivity index (χ2n) is 4.11. The molecule has 0 spiro atoms. The predicted molar refractivity (Wildman–Crippen MR) is 66.7 cm³/mol. The maximum Gasteiger partial charge on any atom is 0.125 e. The first-order chi connectivity index (χ1) is 7.54. The van der Waals surface area contributed by atoms with Crippen LogP contribution in [-0.2, 0) is 0 Å². The van der Waals surface area contributed by atoms with E-state index in [0.717, 1.165) is 28.9 Å². The van der Waals surface area contributed by atoms with Gasteiger partial charge in [-0.1, -0.05) is 25.6 Å². The minimum absolute atomic E-state index is 0.509. The van der Waals surface area contributed by atoms with E-state index in [1.807, 2.05) is 25.1 Å². The van der Waals surface area contributed by atoms with Gasteiger partial charge in [0, 0.05) is 5.56 Å². The lowest BCUT2D eigenvalue weighted by Gasteiger charge is -2.14. The maximum absolute atomic E-state index is 9.62. The topological polar surface area (TPSA) is 29.5 Å². The van der Waals surface area contributed by atoms with E-state index in [2.05, 4.69) is 13.5 Å². The summed E-state index contributed by atoms with van der Waals surface area (Å²) in [6.45, 7) is 10.2. The molecule has 88 valence electrons. The largest absolute Gasteiger partial charge is 0.489 e. The van der Waals surface area contributed by atoms with Crippen LogP contribution in [0.15, 0.2) is 30.4 Å². The molecule has 0 unspecified atom stereocenters. The van der Waals surface area contributed by atoms with Crippen LogP contribution in [0.25, 0.3) is 0 Å². The van der Waals surface area contributed by atoms with E-state index in [4.69, 9.17) is 4.74 Å². The molecule has 1 atom stereocenters. The van der Waals surface area contributed by atoms with Crippen molar-refractivity contribution in [2.45, 2.75) is 33.3 Å². The predicted octanol–water partition coefficient (Wildman–Crippen LogP) is 3.39. The Morgan fingerprint density at radius 1 is 1.50 bits per heavy atom. The molecule has 1 aromatic rings. The lowest BCUT2D eigenvalue weighted by Crippen LogP contribution is -2.04. The summed E-state index contributed by atoms with van der Waals surface area (Å²) in [6.07, 6.45) is 0.404. The third-order valence-electron chi connectivity index (χ3n) is 2.55. The second kappa shape index (κ2) is 5.71. The van der Waals surface area contributed by atoms with E-state index in [1.54, 1.807) is 6.92 Å². The van der Waals surface area contributed by atoms with Crippen LogP contribution in [0.5, 0.6) is 5.75 Å². The Labute approximate surface area is 97.6 Å². The SMILES string of the molecule is C=C(CC)COc1cc(C)ccc1[C@H](C)O. The minimum atomic E-state index is -0.509. The molecule has 0 saturated carbocycles. The fraction of sp³-hybridized carbons (Fsp3) is 0.429. The van der Waals surface area contributed by atoms with Crippen LogP contribution in [0, 0.1) is 6.92 Å². The van der Waals surface area contributed by atoms with Crippen molar-refractivity contribution in [1.29, 1.82) is 0 Å². The lowest BCUT2D eigenvalue weighted by atomic mass is 10.1. The number of aryl methyl sites for hydroxylation is 1. The third kappa shape index (κ3) is 3.38. The fourth-order valence-electron chi connectivity index (χ4n) is 1.39. The fourth-order valence-corrected chi connectivity index (χ4v) is 1.39. The van der Waals surface area contributed by atoms with Gasteiger partial charge in [0.1, 0.15) is 12.4 Å². The van der Waals surface area contributed by atoms with Gasteiger partial charge in [-0.2, -0.15) is 0 Å². The zero-order valence-corrected chi connectivity index (χ0v) is 10.3. The van der Waals surface area contributed by atoms with Gasteiger partial charge in [-0.05, 0) is 37.5 Å². The molecule has 1 aromatic carbocycles. The molecule has 1 N–H and O–H groups in total. The average molecular weight is 220 g/mol. The van der Waals surface area contributed by atoms with Gasteiger partial charge < -0.3 is 9.84 Å². The van der Waals surface area contributed by atoms with Gasteiger partial charge >= 0.3 is 0 Å². The van der Waals surface area contributed by atoms with Gasteiger partial charge in [-0.25, -0.2) is 0 Å². The van der Waals surface area contributed by atoms with Crippen molar-refractivity contribution in [1.82, 2.24) is 0 Å². The Bertz CT molecular complexity index is 367. The number of benzene rings is 1. The molecule has 1 rings (SSSR count). The van der Waals surface area contributed by atoms with Crippen molar-refractivity contribution in [3.8, 4) is 5.75 Å². The monoisotopic (exact) mass is 220 g/mol. The molecule has 0 radical (unpaired) electrons. The van der Waals surface area contributed by atoms with Gasteiger partial charge in [0.2, 0.25) is 0 Å². The highest BCUT2D eigenvalue weighted by molar-refractivity contribution is 5.38. The van der Waals surface area contributed by atoms with Crippen LogP contribution in [0.1, 0.15) is 37.5 Å². The second-order valence-corrected chi connectivity index (χ2v) is 4.11. The number of rotatable bonds is 5. The molecule has 0 aliphatic heterocycles. The van der Waals surface area contributed by atoms with Crippen molar-refractivity contribution in [2.75, 3.05) is 6.61 Å². The lowest BCUT2D eigenvalue weighted by molar-refractivity contribution is 0.192. The Morgan fingerprint density at radius 2 is 2.19 bits per heavy atom. The Hall–Kier alpha value is -1.28. The molecule has 0 fully saturated rings. The molecule has 0 amide bonds. The van der Waals surface area contributed by atoms with Gasteiger partial charge in [-0.15, -0.1) is 0 Å². The summed E-state index contributed by atoms with van der Waals surface area (Å²) in [5.74, 6) is 0.754. The van der Waals surface area contributed by atoms with Crippen molar-refractivity contribution in [2.24, 2.45) is 0 Å². The minimum Gasteiger partial charge on any atom is -0.489 e. The zero-order valence-electron chi connectivity index (χ0n) is 10.3. The molecule has 0 bridgehead atoms. The van der Waals surface area contributed by atoms with Crippen LogP contribution >= 0.6 is 0 Å². The van der Waals surface area contributed by atoms with E-state index in [1.165, 1.54) is 0 Å². The van der Waals surface area contributed by atoms with Crippen molar-refractivity contribution in [3.05, 3.63) is 41.5 Å². The van der Waals surface area contributed by atoms with Crippen molar-refractivity contribution in [3.63, 3.8) is 0 Å². The number of aliphatic hydroxyl groups excluding tert-OH is 1. The first kappa shape index (κ1) is 12.8.